The molecule has 0 aromatic heterocycles. The van der Waals surface area contributed by atoms with Crippen LogP contribution in [0.15, 0.2) is 42.5 Å². The van der Waals surface area contributed by atoms with Gasteiger partial charge in [-0.05, 0) is 62.4 Å². The Morgan fingerprint density at radius 3 is 2.62 bits per heavy atom. The van der Waals surface area contributed by atoms with Gasteiger partial charge in [0, 0.05) is 18.3 Å². The summed E-state index contributed by atoms with van der Waals surface area (Å²) in [6.45, 7) is 6.73. The van der Waals surface area contributed by atoms with Crippen molar-refractivity contribution in [2.75, 3.05) is 11.9 Å². The fourth-order valence-electron chi connectivity index (χ4n) is 2.74. The first-order chi connectivity index (χ1) is 10.1. The molecule has 0 aliphatic carbocycles. The van der Waals surface area contributed by atoms with E-state index in [9.17, 15) is 0 Å². The highest BCUT2D eigenvalue weighted by Gasteiger charge is 2.08. The molecule has 112 valence electrons. The molecule has 2 N–H and O–H groups in total. The quantitative estimate of drug-likeness (QED) is 0.823. The number of hydrogen-bond acceptors (Lipinski definition) is 2. The van der Waals surface area contributed by atoms with Crippen molar-refractivity contribution >= 4 is 5.69 Å². The molecule has 0 radical (unpaired) electrons. The van der Waals surface area contributed by atoms with Gasteiger partial charge in [-0.15, -0.1) is 0 Å². The number of hydrogen-bond donors (Lipinski definition) is 2. The summed E-state index contributed by atoms with van der Waals surface area (Å²) in [5, 5.41) is 12.5. The lowest BCUT2D eigenvalue weighted by atomic mass is 10.00. The second-order valence-corrected chi connectivity index (χ2v) is 5.75. The molecule has 2 rings (SSSR count). The van der Waals surface area contributed by atoms with Gasteiger partial charge in [-0.2, -0.15) is 0 Å². The number of rotatable bonds is 6. The zero-order chi connectivity index (χ0) is 15.2. The maximum Gasteiger partial charge on any atom is 0.0488 e. The first-order valence-electron chi connectivity index (χ1n) is 7.63. The minimum absolute atomic E-state index is 0.247. The molecule has 0 aliphatic rings. The summed E-state index contributed by atoms with van der Waals surface area (Å²) in [5.74, 6) is 0. The molecular formula is C19H25NO. The van der Waals surface area contributed by atoms with Crippen LogP contribution in [0.4, 0.5) is 5.69 Å². The smallest absolute Gasteiger partial charge is 0.0488 e. The highest BCUT2D eigenvalue weighted by molar-refractivity contribution is 5.48. The minimum atomic E-state index is 0.247. The maximum absolute atomic E-state index is 8.93. The number of aryl methyl sites for hydroxylation is 3. The predicted octanol–water partition coefficient (Wildman–Crippen LogP) is 4.40. The Morgan fingerprint density at radius 2 is 1.90 bits per heavy atom. The third kappa shape index (κ3) is 4.33. The van der Waals surface area contributed by atoms with Gasteiger partial charge in [0.2, 0.25) is 0 Å². The van der Waals surface area contributed by atoms with Gasteiger partial charge in [0.1, 0.15) is 0 Å². The topological polar surface area (TPSA) is 32.3 Å². The van der Waals surface area contributed by atoms with Crippen LogP contribution in [0, 0.1) is 13.8 Å². The van der Waals surface area contributed by atoms with Gasteiger partial charge < -0.3 is 10.4 Å². The maximum atomic E-state index is 8.93. The summed E-state index contributed by atoms with van der Waals surface area (Å²) in [6, 6.07) is 15.3. The highest BCUT2D eigenvalue weighted by Crippen LogP contribution is 2.23. The van der Waals surface area contributed by atoms with Crippen molar-refractivity contribution in [2.45, 2.75) is 39.7 Å². The number of aliphatic hydroxyl groups excluding tert-OH is 1. The normalized spacial score (nSPS) is 12.2. The monoisotopic (exact) mass is 283 g/mol. The van der Waals surface area contributed by atoms with Crippen LogP contribution in [0.2, 0.25) is 0 Å². The Kier molecular flexibility index (Phi) is 5.40. The third-order valence-electron chi connectivity index (χ3n) is 3.83. The summed E-state index contributed by atoms with van der Waals surface area (Å²) in [7, 11) is 0. The van der Waals surface area contributed by atoms with Crippen LogP contribution in [0.25, 0.3) is 0 Å². The van der Waals surface area contributed by atoms with E-state index < -0.39 is 0 Å². The van der Waals surface area contributed by atoms with Crippen molar-refractivity contribution in [3.05, 3.63) is 64.7 Å². The van der Waals surface area contributed by atoms with Gasteiger partial charge in [-0.1, -0.05) is 35.9 Å². The fraction of sp³-hybridized carbons (Fsp3) is 0.368. The standard InChI is InChI=1S/C19H25NO/c1-14-9-10-19(15(2)12-14)16(3)20-18-8-4-6-17(13-18)7-5-11-21/h4,6,8-10,12-13,16,20-21H,5,7,11H2,1-3H3. The van der Waals surface area contributed by atoms with Crippen LogP contribution in [-0.2, 0) is 6.42 Å². The van der Waals surface area contributed by atoms with E-state index in [-0.39, 0.29) is 12.6 Å². The molecule has 0 aliphatic heterocycles. The summed E-state index contributed by atoms with van der Waals surface area (Å²) in [5.41, 5.74) is 6.36. The van der Waals surface area contributed by atoms with E-state index in [1.807, 2.05) is 0 Å². The summed E-state index contributed by atoms with van der Waals surface area (Å²) >= 11 is 0. The van der Waals surface area contributed by atoms with Crippen molar-refractivity contribution < 1.29 is 5.11 Å². The number of aliphatic hydroxyl groups is 1. The second kappa shape index (κ2) is 7.28. The number of benzene rings is 2. The van der Waals surface area contributed by atoms with Crippen molar-refractivity contribution in [3.8, 4) is 0 Å². The molecular weight excluding hydrogens is 258 g/mol. The molecule has 2 nitrogen and oxygen atoms in total. The lowest BCUT2D eigenvalue weighted by Gasteiger charge is -2.19. The average Bonchev–Trinajstić information content (AvgIpc) is 2.45. The molecule has 2 heteroatoms. The minimum Gasteiger partial charge on any atom is -0.396 e. The van der Waals surface area contributed by atoms with Gasteiger partial charge in [0.05, 0.1) is 0 Å². The van der Waals surface area contributed by atoms with E-state index in [0.29, 0.717) is 0 Å². The van der Waals surface area contributed by atoms with Crippen LogP contribution < -0.4 is 5.32 Å². The van der Waals surface area contributed by atoms with Crippen molar-refractivity contribution in [2.24, 2.45) is 0 Å². The predicted molar refractivity (Wildman–Crippen MR) is 89.8 cm³/mol. The lowest BCUT2D eigenvalue weighted by molar-refractivity contribution is 0.288. The van der Waals surface area contributed by atoms with E-state index in [4.69, 9.17) is 5.11 Å². The molecule has 0 bridgehead atoms. The van der Waals surface area contributed by atoms with Crippen LogP contribution in [0.5, 0.6) is 0 Å². The molecule has 0 heterocycles. The van der Waals surface area contributed by atoms with E-state index >= 15 is 0 Å². The first kappa shape index (κ1) is 15.6. The Balaban J connectivity index is 2.10. The Hall–Kier alpha value is -1.80. The van der Waals surface area contributed by atoms with Crippen LogP contribution in [0.1, 0.15) is 41.6 Å². The van der Waals surface area contributed by atoms with Crippen LogP contribution >= 0.6 is 0 Å². The molecule has 0 saturated heterocycles. The van der Waals surface area contributed by atoms with Crippen molar-refractivity contribution in [1.29, 1.82) is 0 Å². The van der Waals surface area contributed by atoms with E-state index in [1.54, 1.807) is 0 Å². The molecule has 0 amide bonds. The highest BCUT2D eigenvalue weighted by atomic mass is 16.2. The van der Waals surface area contributed by atoms with E-state index in [2.05, 4.69) is 68.6 Å². The molecule has 21 heavy (non-hydrogen) atoms. The first-order valence-corrected chi connectivity index (χ1v) is 7.63. The van der Waals surface area contributed by atoms with Gasteiger partial charge in [0.25, 0.3) is 0 Å². The Labute approximate surface area is 127 Å². The third-order valence-corrected chi connectivity index (χ3v) is 3.83. The molecule has 0 fully saturated rings. The number of nitrogens with one attached hydrogen (secondary N) is 1. The van der Waals surface area contributed by atoms with Gasteiger partial charge in [0.15, 0.2) is 0 Å². The fourth-order valence-corrected chi connectivity index (χ4v) is 2.74. The SMILES string of the molecule is Cc1ccc(C(C)Nc2cccc(CCCO)c2)c(C)c1. The summed E-state index contributed by atoms with van der Waals surface area (Å²) < 4.78 is 0. The lowest BCUT2D eigenvalue weighted by Crippen LogP contribution is -2.08. The summed E-state index contributed by atoms with van der Waals surface area (Å²) in [6.07, 6.45) is 1.74. The van der Waals surface area contributed by atoms with Crippen molar-refractivity contribution in [1.82, 2.24) is 0 Å². The van der Waals surface area contributed by atoms with Crippen LogP contribution in [-0.4, -0.2) is 11.7 Å². The largest absolute Gasteiger partial charge is 0.396 e. The van der Waals surface area contributed by atoms with E-state index in [0.717, 1.165) is 18.5 Å². The molecule has 1 atom stereocenters. The average molecular weight is 283 g/mol. The van der Waals surface area contributed by atoms with Crippen molar-refractivity contribution in [3.63, 3.8) is 0 Å². The second-order valence-electron chi connectivity index (χ2n) is 5.75. The van der Waals surface area contributed by atoms with Gasteiger partial charge >= 0.3 is 0 Å². The van der Waals surface area contributed by atoms with Gasteiger partial charge in [-0.25, -0.2) is 0 Å². The van der Waals surface area contributed by atoms with Crippen LogP contribution in [0.3, 0.4) is 0 Å². The van der Waals surface area contributed by atoms with Gasteiger partial charge in [-0.3, -0.25) is 0 Å². The zero-order valence-electron chi connectivity index (χ0n) is 13.2. The number of anilines is 1. The summed E-state index contributed by atoms with van der Waals surface area (Å²) in [4.78, 5) is 0. The molecule has 1 unspecified atom stereocenters. The molecule has 0 spiro atoms. The molecule has 0 saturated carbocycles. The molecule has 2 aromatic carbocycles. The zero-order valence-corrected chi connectivity index (χ0v) is 13.2. The Morgan fingerprint density at radius 1 is 1.10 bits per heavy atom. The Bertz CT molecular complexity index is 592. The van der Waals surface area contributed by atoms with E-state index in [1.165, 1.54) is 22.3 Å². The molecule has 2 aromatic rings.